The Morgan fingerprint density at radius 3 is 2.71 bits per heavy atom. The molecule has 176 valence electrons. The number of amides is 3. The Hall–Kier alpha value is -3.03. The molecular formula is C26H27ClN4O3. The van der Waals surface area contributed by atoms with Crippen LogP contribution < -0.4 is 0 Å². The number of H-pyrrole nitrogens is 1. The number of fused-ring (bicyclic) bond motifs is 4. The van der Waals surface area contributed by atoms with Crippen molar-refractivity contribution < 1.29 is 14.7 Å². The van der Waals surface area contributed by atoms with Gasteiger partial charge in [0.25, 0.3) is 5.91 Å². The number of nitrogens with zero attached hydrogens (tertiary/aromatic N) is 3. The van der Waals surface area contributed by atoms with Crippen LogP contribution in [0.25, 0.3) is 10.9 Å². The van der Waals surface area contributed by atoms with E-state index in [9.17, 15) is 14.7 Å². The number of aromatic hydroxyl groups is 1. The summed E-state index contributed by atoms with van der Waals surface area (Å²) in [5.74, 6) is -0.0388. The molecular weight excluding hydrogens is 452 g/mol. The van der Waals surface area contributed by atoms with E-state index >= 15 is 0 Å². The number of nitrogens with one attached hydrogen (secondary N) is 1. The fraction of sp³-hybridized carbons (Fsp3) is 0.385. The van der Waals surface area contributed by atoms with Gasteiger partial charge < -0.3 is 15.0 Å². The average molecular weight is 479 g/mol. The maximum atomic E-state index is 13.8. The summed E-state index contributed by atoms with van der Waals surface area (Å²) in [4.78, 5) is 36.5. The summed E-state index contributed by atoms with van der Waals surface area (Å²) in [6, 6.07) is 11.8. The van der Waals surface area contributed by atoms with Crippen LogP contribution in [0.3, 0.4) is 0 Å². The molecule has 3 aromatic rings. The van der Waals surface area contributed by atoms with Crippen molar-refractivity contribution in [3.8, 4) is 5.75 Å². The van der Waals surface area contributed by atoms with Gasteiger partial charge in [-0.15, -0.1) is 0 Å². The Bertz CT molecular complexity index is 1320. The normalized spacial score (nSPS) is 24.5. The molecule has 0 bridgehead atoms. The van der Waals surface area contributed by atoms with Gasteiger partial charge in [0.05, 0.1) is 0 Å². The SMILES string of the molecule is C[C@@]12Cc3c([nH]c4ccc(Cl)cc34)[C@@H](c3cccc(O)c3)N1C(=O)N(CCCN1CCC1)C2=O. The van der Waals surface area contributed by atoms with Crippen molar-refractivity contribution in [2.24, 2.45) is 0 Å². The highest BCUT2D eigenvalue weighted by Gasteiger charge is 2.60. The first-order chi connectivity index (χ1) is 16.4. The minimum atomic E-state index is -1.02. The molecule has 3 amide bonds. The molecule has 0 unspecified atom stereocenters. The third kappa shape index (κ3) is 3.14. The van der Waals surface area contributed by atoms with Crippen LogP contribution in [0.4, 0.5) is 4.79 Å². The zero-order valence-electron chi connectivity index (χ0n) is 19.1. The van der Waals surface area contributed by atoms with Gasteiger partial charge >= 0.3 is 6.03 Å². The summed E-state index contributed by atoms with van der Waals surface area (Å²) in [6.07, 6.45) is 2.39. The Kier molecular flexibility index (Phi) is 4.90. The number of carbonyl (C=O) groups is 2. The summed E-state index contributed by atoms with van der Waals surface area (Å²) >= 11 is 6.32. The molecule has 8 heteroatoms. The van der Waals surface area contributed by atoms with Crippen LogP contribution in [0.1, 0.15) is 42.6 Å². The van der Waals surface area contributed by atoms with Crippen LogP contribution in [0, 0.1) is 0 Å². The molecule has 0 aliphatic carbocycles. The fourth-order valence-electron chi connectivity index (χ4n) is 5.78. The second-order valence-electron chi connectivity index (χ2n) is 9.81. The topological polar surface area (TPSA) is 79.9 Å². The molecule has 0 saturated carbocycles. The number of halogens is 1. The van der Waals surface area contributed by atoms with E-state index in [4.69, 9.17) is 11.6 Å². The van der Waals surface area contributed by atoms with E-state index in [1.54, 1.807) is 23.1 Å². The number of hydrogen-bond donors (Lipinski definition) is 2. The molecule has 3 aliphatic rings. The number of likely N-dealkylation sites (tertiary alicyclic amines) is 1. The van der Waals surface area contributed by atoms with Gasteiger partial charge in [-0.05, 0) is 80.9 Å². The number of benzene rings is 2. The van der Waals surface area contributed by atoms with E-state index in [0.717, 1.165) is 53.8 Å². The molecule has 7 nitrogen and oxygen atoms in total. The lowest BCUT2D eigenvalue weighted by Gasteiger charge is -2.42. The number of hydrogen-bond acceptors (Lipinski definition) is 4. The number of phenolic OH excluding ortho intramolecular Hbond substituents is 1. The van der Waals surface area contributed by atoms with Crippen LogP contribution in [-0.2, 0) is 11.2 Å². The molecule has 34 heavy (non-hydrogen) atoms. The summed E-state index contributed by atoms with van der Waals surface area (Å²) in [7, 11) is 0. The maximum absolute atomic E-state index is 13.8. The molecule has 2 aromatic carbocycles. The minimum absolute atomic E-state index is 0.120. The predicted molar refractivity (Wildman–Crippen MR) is 130 cm³/mol. The molecule has 2 atom stereocenters. The van der Waals surface area contributed by atoms with Gasteiger partial charge in [-0.25, -0.2) is 4.79 Å². The van der Waals surface area contributed by atoms with Gasteiger partial charge in [0.1, 0.15) is 17.3 Å². The Balaban J connectivity index is 1.45. The molecule has 2 saturated heterocycles. The Labute approximate surface area is 202 Å². The monoisotopic (exact) mass is 478 g/mol. The number of rotatable bonds is 5. The lowest BCUT2D eigenvalue weighted by atomic mass is 9.81. The molecule has 6 rings (SSSR count). The van der Waals surface area contributed by atoms with E-state index in [-0.39, 0.29) is 17.7 Å². The van der Waals surface area contributed by atoms with Crippen molar-refractivity contribution in [3.63, 3.8) is 0 Å². The first-order valence-electron chi connectivity index (χ1n) is 11.8. The van der Waals surface area contributed by atoms with Gasteiger partial charge in [-0.1, -0.05) is 23.7 Å². The lowest BCUT2D eigenvalue weighted by molar-refractivity contribution is -0.133. The zero-order chi connectivity index (χ0) is 23.6. The van der Waals surface area contributed by atoms with Crippen molar-refractivity contribution in [1.82, 2.24) is 19.7 Å². The van der Waals surface area contributed by atoms with Crippen molar-refractivity contribution in [3.05, 3.63) is 64.3 Å². The number of carbonyl (C=O) groups excluding carboxylic acids is 2. The number of urea groups is 1. The minimum Gasteiger partial charge on any atom is -0.508 e. The van der Waals surface area contributed by atoms with Crippen LogP contribution in [0.2, 0.25) is 5.02 Å². The lowest BCUT2D eigenvalue weighted by Crippen LogP contribution is -2.53. The molecule has 2 N–H and O–H groups in total. The van der Waals surface area contributed by atoms with E-state index in [0.29, 0.717) is 18.0 Å². The van der Waals surface area contributed by atoms with Gasteiger partial charge in [-0.2, -0.15) is 0 Å². The second-order valence-corrected chi connectivity index (χ2v) is 10.2. The number of aromatic nitrogens is 1. The largest absolute Gasteiger partial charge is 0.508 e. The molecule has 4 heterocycles. The first-order valence-corrected chi connectivity index (χ1v) is 12.2. The third-order valence-electron chi connectivity index (χ3n) is 7.62. The number of imide groups is 1. The highest BCUT2D eigenvalue weighted by molar-refractivity contribution is 6.31. The second kappa shape index (κ2) is 7.75. The smallest absolute Gasteiger partial charge is 0.328 e. The third-order valence-corrected chi connectivity index (χ3v) is 7.85. The summed E-state index contributed by atoms with van der Waals surface area (Å²) in [6.45, 7) is 5.36. The Morgan fingerprint density at radius 2 is 1.97 bits per heavy atom. The van der Waals surface area contributed by atoms with Gasteiger partial charge in [0.15, 0.2) is 0 Å². The first kappa shape index (κ1) is 21.5. The quantitative estimate of drug-likeness (QED) is 0.536. The molecule has 1 aromatic heterocycles. The predicted octanol–water partition coefficient (Wildman–Crippen LogP) is 4.29. The summed E-state index contributed by atoms with van der Waals surface area (Å²) in [5.41, 5.74) is 2.51. The summed E-state index contributed by atoms with van der Waals surface area (Å²) in [5, 5.41) is 11.8. The van der Waals surface area contributed by atoms with Crippen molar-refractivity contribution in [1.29, 1.82) is 0 Å². The summed E-state index contributed by atoms with van der Waals surface area (Å²) < 4.78 is 0. The average Bonchev–Trinajstić information content (AvgIpc) is 3.21. The fourth-order valence-corrected chi connectivity index (χ4v) is 5.95. The molecule has 0 radical (unpaired) electrons. The molecule has 2 fully saturated rings. The molecule has 3 aliphatic heterocycles. The number of aromatic amines is 1. The van der Waals surface area contributed by atoms with Gasteiger partial charge in [0, 0.05) is 34.6 Å². The zero-order valence-corrected chi connectivity index (χ0v) is 19.8. The highest BCUT2D eigenvalue weighted by Crippen LogP contribution is 2.49. The maximum Gasteiger partial charge on any atom is 0.328 e. The van der Waals surface area contributed by atoms with E-state index < -0.39 is 11.6 Å². The van der Waals surface area contributed by atoms with Gasteiger partial charge in [-0.3, -0.25) is 14.6 Å². The van der Waals surface area contributed by atoms with Crippen LogP contribution in [0.15, 0.2) is 42.5 Å². The van der Waals surface area contributed by atoms with Crippen LogP contribution in [0.5, 0.6) is 5.75 Å². The van der Waals surface area contributed by atoms with Crippen molar-refractivity contribution in [2.45, 2.75) is 37.8 Å². The molecule has 0 spiro atoms. The standard InChI is InChI=1S/C26H27ClN4O3/c1-26-15-20-19-14-17(27)7-8-21(19)28-22(20)23(16-5-2-6-18(32)13-16)31(26)25(34)30(24(26)33)12-4-11-29-9-3-10-29/h2,5-8,13-14,23,28,32H,3-4,9-12,15H2,1H3/t23-,26+/m1/s1. The van der Waals surface area contributed by atoms with E-state index in [1.165, 1.54) is 11.3 Å². The van der Waals surface area contributed by atoms with E-state index in [1.807, 2.05) is 31.2 Å². The highest BCUT2D eigenvalue weighted by atomic mass is 35.5. The van der Waals surface area contributed by atoms with Crippen LogP contribution in [-0.4, -0.2) is 68.4 Å². The van der Waals surface area contributed by atoms with Crippen LogP contribution >= 0.6 is 11.6 Å². The Morgan fingerprint density at radius 1 is 1.15 bits per heavy atom. The van der Waals surface area contributed by atoms with E-state index in [2.05, 4.69) is 9.88 Å². The van der Waals surface area contributed by atoms with Gasteiger partial charge in [0.2, 0.25) is 0 Å². The number of phenols is 1. The van der Waals surface area contributed by atoms with Crippen molar-refractivity contribution >= 4 is 34.4 Å². The van der Waals surface area contributed by atoms with Crippen molar-refractivity contribution in [2.75, 3.05) is 26.2 Å².